The number of imide groups is 2. The minimum atomic E-state index is -1.22. The molecule has 11 nitrogen and oxygen atoms in total. The number of hydrogen-bond donors (Lipinski definition) is 2. The highest BCUT2D eigenvalue weighted by Gasteiger charge is 2.49. The van der Waals surface area contributed by atoms with Crippen molar-refractivity contribution in [2.75, 3.05) is 19.6 Å². The molecule has 0 bridgehead atoms. The monoisotopic (exact) mass is 840 g/mol. The first-order valence-electron chi connectivity index (χ1n) is 22.4. The van der Waals surface area contributed by atoms with Gasteiger partial charge in [-0.3, -0.25) is 44.0 Å². The van der Waals surface area contributed by atoms with E-state index in [0.717, 1.165) is 63.0 Å². The van der Waals surface area contributed by atoms with E-state index in [1.165, 1.54) is 5.56 Å². The third kappa shape index (κ3) is 6.61. The van der Waals surface area contributed by atoms with Gasteiger partial charge < -0.3 is 9.88 Å². The van der Waals surface area contributed by atoms with Crippen LogP contribution in [-0.4, -0.2) is 97.5 Å². The van der Waals surface area contributed by atoms with Crippen molar-refractivity contribution in [1.29, 1.82) is 0 Å². The molecule has 4 aromatic rings. The Morgan fingerprint density at radius 2 is 1.61 bits per heavy atom. The Morgan fingerprint density at radius 1 is 0.887 bits per heavy atom. The van der Waals surface area contributed by atoms with E-state index in [0.29, 0.717) is 75.0 Å². The van der Waals surface area contributed by atoms with Crippen LogP contribution in [0.2, 0.25) is 0 Å². The van der Waals surface area contributed by atoms with Gasteiger partial charge in [0.1, 0.15) is 17.5 Å². The standard InChI is InChI=1S/C49H50F2N6O5/c1-27-20-36-34-4-2-3-5-40(34)52-43(36)44(56(27)26-49(51)16-17-49)35-11-10-30(23-39(35)50)28-6-8-29(9-7-28)46(60)54-18-14-33(15-19-54)55-24-31-21-37-38(22-32(31)25-55)48(62)57(47(37)61)41-12-13-42(58)53-45(41)59/h2-6,10-11,21-23,27,29,33,41,44,52H,7-9,12-20,24-26H2,1H3,(H,53,58,59)/t27-,29?,41?,44-/m1/s1. The number of aromatic nitrogens is 1. The van der Waals surface area contributed by atoms with E-state index in [4.69, 9.17) is 0 Å². The van der Waals surface area contributed by atoms with Crippen molar-refractivity contribution in [1.82, 2.24) is 29.9 Å². The van der Waals surface area contributed by atoms with Crippen LogP contribution in [0.3, 0.4) is 0 Å². The van der Waals surface area contributed by atoms with Crippen molar-refractivity contribution in [2.24, 2.45) is 5.92 Å². The number of hydrogen-bond acceptors (Lipinski definition) is 7. The molecule has 6 heterocycles. The van der Waals surface area contributed by atoms with Gasteiger partial charge in [0.25, 0.3) is 11.8 Å². The fourth-order valence-corrected chi connectivity index (χ4v) is 11.3. The second-order valence-electron chi connectivity index (χ2n) is 18.9. The zero-order valence-corrected chi connectivity index (χ0v) is 34.9. The lowest BCUT2D eigenvalue weighted by Crippen LogP contribution is -2.54. The van der Waals surface area contributed by atoms with E-state index in [2.05, 4.69) is 39.2 Å². The number of fused-ring (bicyclic) bond motifs is 5. The van der Waals surface area contributed by atoms with Crippen molar-refractivity contribution < 1.29 is 32.8 Å². The Balaban J connectivity index is 0.722. The van der Waals surface area contributed by atoms with Crippen molar-refractivity contribution in [3.05, 3.63) is 111 Å². The number of H-pyrrole nitrogens is 1. The van der Waals surface area contributed by atoms with Crippen LogP contribution in [0, 0.1) is 11.7 Å². The van der Waals surface area contributed by atoms with Gasteiger partial charge in [-0.05, 0) is 117 Å². The molecule has 1 aromatic heterocycles. The lowest BCUT2D eigenvalue weighted by Gasteiger charge is -2.42. The Hall–Kier alpha value is -5.53. The third-order valence-electron chi connectivity index (χ3n) is 15.0. The summed E-state index contributed by atoms with van der Waals surface area (Å²) in [5.74, 6) is -2.27. The first kappa shape index (κ1) is 39.3. The summed E-state index contributed by atoms with van der Waals surface area (Å²) in [6.07, 6.45) is 7.80. The number of likely N-dealkylation sites (tertiary alicyclic amines) is 1. The minimum Gasteiger partial charge on any atom is -0.357 e. The van der Waals surface area contributed by atoms with Gasteiger partial charge in [0.15, 0.2) is 0 Å². The number of para-hydroxylation sites is 1. The lowest BCUT2D eigenvalue weighted by atomic mass is 9.84. The molecule has 1 saturated carbocycles. The topological polar surface area (TPSA) is 126 Å². The molecule has 3 aromatic carbocycles. The number of piperidine rings is 2. The molecule has 13 heteroatoms. The van der Waals surface area contributed by atoms with E-state index in [-0.39, 0.29) is 49.1 Å². The number of allylic oxidation sites excluding steroid dienone is 2. The third-order valence-corrected chi connectivity index (χ3v) is 15.0. The van der Waals surface area contributed by atoms with E-state index in [1.807, 2.05) is 35.2 Å². The summed E-state index contributed by atoms with van der Waals surface area (Å²) in [4.78, 5) is 75.9. The highest BCUT2D eigenvalue weighted by Crippen LogP contribution is 2.48. The molecular formula is C49H50F2N6O5. The normalized spacial score (nSPS) is 26.4. The number of nitrogens with one attached hydrogen (secondary N) is 2. The van der Waals surface area contributed by atoms with Crippen LogP contribution in [0.25, 0.3) is 16.5 Å². The number of carbonyl (C=O) groups excluding carboxylic acids is 5. The number of aromatic amines is 1. The van der Waals surface area contributed by atoms with E-state index in [9.17, 15) is 24.0 Å². The van der Waals surface area contributed by atoms with Crippen LogP contribution in [0.1, 0.15) is 125 Å². The molecule has 2 aliphatic carbocycles. The highest BCUT2D eigenvalue weighted by molar-refractivity contribution is 6.23. The number of rotatable bonds is 7. The fourth-order valence-electron chi connectivity index (χ4n) is 11.3. The second kappa shape index (κ2) is 14.8. The van der Waals surface area contributed by atoms with Crippen LogP contribution in [0.5, 0.6) is 0 Å². The Kier molecular flexibility index (Phi) is 9.38. The molecule has 4 atom stereocenters. The Morgan fingerprint density at radius 3 is 2.27 bits per heavy atom. The SMILES string of the molecule is C[C@@H]1Cc2c([nH]c3ccccc23)[C@@H](c2ccc(C3=CCC(C(=O)N4CCC(N5Cc6cc7c(cc6C5)C(=O)N(C5CCC(=O)NC5=O)C7=O)CC4)CC3)cc2F)N1CC1(F)CC1. The number of carbonyl (C=O) groups is 5. The number of alkyl halides is 1. The number of halogens is 2. The van der Waals surface area contributed by atoms with Crippen LogP contribution >= 0.6 is 0 Å². The maximum atomic E-state index is 16.5. The summed E-state index contributed by atoms with van der Waals surface area (Å²) in [7, 11) is 0. The summed E-state index contributed by atoms with van der Waals surface area (Å²) < 4.78 is 31.8. The molecule has 2 saturated heterocycles. The minimum absolute atomic E-state index is 0.0444. The van der Waals surface area contributed by atoms with Crippen molar-refractivity contribution in [3.8, 4) is 0 Å². The molecule has 7 aliphatic rings. The summed E-state index contributed by atoms with van der Waals surface area (Å²) in [5.41, 5.74) is 6.94. The summed E-state index contributed by atoms with van der Waals surface area (Å²) in [6.45, 7) is 4.99. The second-order valence-corrected chi connectivity index (χ2v) is 18.9. The average molecular weight is 841 g/mol. The van der Waals surface area contributed by atoms with Gasteiger partial charge in [0, 0.05) is 79.3 Å². The van der Waals surface area contributed by atoms with E-state index >= 15 is 8.78 Å². The summed E-state index contributed by atoms with van der Waals surface area (Å²) in [5, 5.41) is 3.38. The van der Waals surface area contributed by atoms with Gasteiger partial charge in [-0.2, -0.15) is 0 Å². The molecule has 2 unspecified atom stereocenters. The van der Waals surface area contributed by atoms with Crippen molar-refractivity contribution in [2.45, 2.75) is 114 Å². The predicted molar refractivity (Wildman–Crippen MR) is 227 cm³/mol. The zero-order chi connectivity index (χ0) is 42.6. The zero-order valence-electron chi connectivity index (χ0n) is 34.9. The van der Waals surface area contributed by atoms with Crippen LogP contribution < -0.4 is 5.32 Å². The van der Waals surface area contributed by atoms with Crippen LogP contribution in [-0.2, 0) is 33.9 Å². The predicted octanol–water partition coefficient (Wildman–Crippen LogP) is 6.74. The molecular weight excluding hydrogens is 791 g/mol. The van der Waals surface area contributed by atoms with Gasteiger partial charge in [-0.1, -0.05) is 36.4 Å². The first-order chi connectivity index (χ1) is 29.9. The van der Waals surface area contributed by atoms with E-state index < -0.39 is 41.4 Å². The maximum absolute atomic E-state index is 16.5. The first-order valence-corrected chi connectivity index (χ1v) is 22.4. The molecule has 320 valence electrons. The molecule has 0 radical (unpaired) electrons. The molecule has 62 heavy (non-hydrogen) atoms. The van der Waals surface area contributed by atoms with Crippen LogP contribution in [0.15, 0.2) is 60.7 Å². The molecule has 5 amide bonds. The molecule has 5 aliphatic heterocycles. The lowest BCUT2D eigenvalue weighted by molar-refractivity contribution is -0.138. The fraction of sp³-hybridized carbons (Fsp3) is 0.449. The Labute approximate surface area is 358 Å². The van der Waals surface area contributed by atoms with Crippen molar-refractivity contribution in [3.63, 3.8) is 0 Å². The van der Waals surface area contributed by atoms with Gasteiger partial charge in [0.05, 0.1) is 17.2 Å². The van der Waals surface area contributed by atoms with E-state index in [1.54, 1.807) is 18.2 Å². The summed E-state index contributed by atoms with van der Waals surface area (Å²) in [6, 6.07) is 16.2. The largest absolute Gasteiger partial charge is 0.357 e. The van der Waals surface area contributed by atoms with Crippen molar-refractivity contribution >= 4 is 46.0 Å². The van der Waals surface area contributed by atoms with Gasteiger partial charge in [-0.15, -0.1) is 0 Å². The molecule has 2 N–H and O–H groups in total. The van der Waals surface area contributed by atoms with Gasteiger partial charge in [-0.25, -0.2) is 8.78 Å². The molecule has 0 spiro atoms. The smallest absolute Gasteiger partial charge is 0.262 e. The molecule has 3 fully saturated rings. The Bertz CT molecular complexity index is 2580. The number of amides is 5. The molecule has 11 rings (SSSR count). The van der Waals surface area contributed by atoms with Crippen LogP contribution in [0.4, 0.5) is 8.78 Å². The quantitative estimate of drug-likeness (QED) is 0.198. The average Bonchev–Trinajstić information content (AvgIpc) is 3.56. The number of nitrogens with zero attached hydrogens (tertiary/aromatic N) is 4. The maximum Gasteiger partial charge on any atom is 0.262 e. The highest BCUT2D eigenvalue weighted by atomic mass is 19.1. The summed E-state index contributed by atoms with van der Waals surface area (Å²) >= 11 is 0. The number of benzene rings is 3. The van der Waals surface area contributed by atoms with Gasteiger partial charge in [0.2, 0.25) is 17.7 Å². The van der Waals surface area contributed by atoms with Gasteiger partial charge >= 0.3 is 0 Å².